The summed E-state index contributed by atoms with van der Waals surface area (Å²) in [5, 5.41) is 3.68. The predicted molar refractivity (Wildman–Crippen MR) is 74.5 cm³/mol. The predicted octanol–water partition coefficient (Wildman–Crippen LogP) is 4.19. The van der Waals surface area contributed by atoms with Gasteiger partial charge in [0.2, 0.25) is 0 Å². The van der Waals surface area contributed by atoms with Crippen molar-refractivity contribution in [3.8, 4) is 0 Å². The fraction of sp³-hybridized carbons (Fsp3) is 0.625. The smallest absolute Gasteiger partial charge is 0.0323 e. The summed E-state index contributed by atoms with van der Waals surface area (Å²) in [5.41, 5.74) is 4.55. The highest BCUT2D eigenvalue weighted by molar-refractivity contribution is 5.36. The fourth-order valence-electron chi connectivity index (χ4n) is 2.79. The minimum atomic E-state index is 0.590. The van der Waals surface area contributed by atoms with Gasteiger partial charge in [-0.05, 0) is 48.4 Å². The van der Waals surface area contributed by atoms with Crippen molar-refractivity contribution in [3.05, 3.63) is 34.9 Å². The van der Waals surface area contributed by atoms with Gasteiger partial charge in [0, 0.05) is 6.04 Å². The highest BCUT2D eigenvalue weighted by Gasteiger charge is 2.19. The van der Waals surface area contributed by atoms with Crippen LogP contribution in [0.2, 0.25) is 0 Å². The second-order valence-electron chi connectivity index (χ2n) is 5.47. The number of nitrogens with one attached hydrogen (secondary N) is 1. The van der Waals surface area contributed by atoms with Gasteiger partial charge in [-0.3, -0.25) is 0 Å². The molecule has 1 fully saturated rings. The van der Waals surface area contributed by atoms with Gasteiger partial charge in [0.1, 0.15) is 0 Å². The first-order valence-corrected chi connectivity index (χ1v) is 7.08. The molecule has 17 heavy (non-hydrogen) atoms. The lowest BCUT2D eigenvalue weighted by atomic mass is 9.87. The minimum Gasteiger partial charge on any atom is -0.310 e. The SMILES string of the molecule is CCc1ccc(C(C)C)c(C2CCCCN2)c1. The van der Waals surface area contributed by atoms with Crippen LogP contribution < -0.4 is 5.32 Å². The van der Waals surface area contributed by atoms with E-state index in [-0.39, 0.29) is 0 Å². The third kappa shape index (κ3) is 2.90. The summed E-state index contributed by atoms with van der Waals surface area (Å²) >= 11 is 0. The molecule has 1 saturated heterocycles. The van der Waals surface area contributed by atoms with Crippen molar-refractivity contribution in [1.82, 2.24) is 5.32 Å². The molecule has 0 saturated carbocycles. The molecule has 1 N–H and O–H groups in total. The van der Waals surface area contributed by atoms with Gasteiger partial charge in [-0.1, -0.05) is 45.4 Å². The Kier molecular flexibility index (Phi) is 4.22. The van der Waals surface area contributed by atoms with Crippen molar-refractivity contribution in [2.45, 2.75) is 58.4 Å². The standard InChI is InChI=1S/C16H25N/c1-4-13-8-9-14(12(2)3)15(11-13)16-7-5-6-10-17-16/h8-9,11-12,16-17H,4-7,10H2,1-3H3. The van der Waals surface area contributed by atoms with Gasteiger partial charge in [-0.2, -0.15) is 0 Å². The van der Waals surface area contributed by atoms with E-state index in [1.165, 1.54) is 36.9 Å². The molecule has 0 aliphatic carbocycles. The summed E-state index contributed by atoms with van der Waals surface area (Å²) in [6.07, 6.45) is 5.14. The lowest BCUT2D eigenvalue weighted by Crippen LogP contribution is -2.27. The average molecular weight is 231 g/mol. The quantitative estimate of drug-likeness (QED) is 0.822. The highest BCUT2D eigenvalue weighted by atomic mass is 14.9. The first-order chi connectivity index (χ1) is 8.22. The van der Waals surface area contributed by atoms with Crippen LogP contribution >= 0.6 is 0 Å². The Labute approximate surface area is 106 Å². The molecule has 1 heterocycles. The molecule has 0 aromatic heterocycles. The van der Waals surface area contributed by atoms with Gasteiger partial charge in [0.25, 0.3) is 0 Å². The summed E-state index contributed by atoms with van der Waals surface area (Å²) in [6, 6.07) is 7.65. The van der Waals surface area contributed by atoms with E-state index in [4.69, 9.17) is 0 Å². The molecule has 2 rings (SSSR count). The largest absolute Gasteiger partial charge is 0.310 e. The van der Waals surface area contributed by atoms with Gasteiger partial charge in [-0.25, -0.2) is 0 Å². The summed E-state index contributed by atoms with van der Waals surface area (Å²) < 4.78 is 0. The molecule has 0 bridgehead atoms. The van der Waals surface area contributed by atoms with Gasteiger partial charge >= 0.3 is 0 Å². The number of rotatable bonds is 3. The molecule has 0 radical (unpaired) electrons. The lowest BCUT2D eigenvalue weighted by molar-refractivity contribution is 0.409. The van der Waals surface area contributed by atoms with Crippen LogP contribution in [0.3, 0.4) is 0 Å². The summed E-state index contributed by atoms with van der Waals surface area (Å²) in [6.45, 7) is 8.02. The molecule has 1 aliphatic rings. The third-order valence-corrected chi connectivity index (χ3v) is 3.87. The zero-order valence-corrected chi connectivity index (χ0v) is 11.4. The van der Waals surface area contributed by atoms with E-state index < -0.39 is 0 Å². The van der Waals surface area contributed by atoms with Crippen LogP contribution in [0.1, 0.15) is 68.7 Å². The van der Waals surface area contributed by atoms with E-state index in [9.17, 15) is 0 Å². The van der Waals surface area contributed by atoms with Gasteiger partial charge in [0.15, 0.2) is 0 Å². The van der Waals surface area contributed by atoms with Gasteiger partial charge in [0.05, 0.1) is 0 Å². The Morgan fingerprint density at radius 2 is 2.12 bits per heavy atom. The normalized spacial score (nSPS) is 20.8. The van der Waals surface area contributed by atoms with Crippen molar-refractivity contribution in [3.63, 3.8) is 0 Å². The Morgan fingerprint density at radius 3 is 2.71 bits per heavy atom. The number of benzene rings is 1. The maximum Gasteiger partial charge on any atom is 0.0323 e. The summed E-state index contributed by atoms with van der Waals surface area (Å²) in [7, 11) is 0. The molecule has 1 aromatic rings. The molecule has 1 heteroatoms. The van der Waals surface area contributed by atoms with E-state index in [2.05, 4.69) is 44.3 Å². The van der Waals surface area contributed by atoms with Crippen LogP contribution in [-0.4, -0.2) is 6.54 Å². The van der Waals surface area contributed by atoms with Gasteiger partial charge in [-0.15, -0.1) is 0 Å². The Morgan fingerprint density at radius 1 is 1.29 bits per heavy atom. The van der Waals surface area contributed by atoms with Crippen molar-refractivity contribution in [2.75, 3.05) is 6.54 Å². The average Bonchev–Trinajstić information content (AvgIpc) is 2.39. The number of aryl methyl sites for hydroxylation is 1. The van der Waals surface area contributed by atoms with Gasteiger partial charge < -0.3 is 5.32 Å². The molecular formula is C16H25N. The van der Waals surface area contributed by atoms with Crippen LogP contribution in [0.15, 0.2) is 18.2 Å². The molecule has 1 aromatic carbocycles. The molecule has 0 amide bonds. The van der Waals surface area contributed by atoms with Crippen LogP contribution in [0.5, 0.6) is 0 Å². The Hall–Kier alpha value is -0.820. The molecule has 1 atom stereocenters. The zero-order valence-electron chi connectivity index (χ0n) is 11.4. The van der Waals surface area contributed by atoms with E-state index in [1.54, 1.807) is 5.56 Å². The maximum atomic E-state index is 3.68. The molecule has 0 spiro atoms. The van der Waals surface area contributed by atoms with Crippen molar-refractivity contribution in [2.24, 2.45) is 0 Å². The monoisotopic (exact) mass is 231 g/mol. The first kappa shape index (κ1) is 12.6. The molecular weight excluding hydrogens is 206 g/mol. The van der Waals surface area contributed by atoms with E-state index in [0.29, 0.717) is 12.0 Å². The first-order valence-electron chi connectivity index (χ1n) is 7.08. The van der Waals surface area contributed by atoms with Crippen LogP contribution in [0, 0.1) is 0 Å². The minimum absolute atomic E-state index is 0.590. The van der Waals surface area contributed by atoms with Crippen molar-refractivity contribution >= 4 is 0 Å². The van der Waals surface area contributed by atoms with Crippen LogP contribution in [0.4, 0.5) is 0 Å². The highest BCUT2D eigenvalue weighted by Crippen LogP contribution is 2.30. The summed E-state index contributed by atoms with van der Waals surface area (Å²) in [5.74, 6) is 0.625. The Balaban J connectivity index is 2.33. The molecule has 1 unspecified atom stereocenters. The van der Waals surface area contributed by atoms with E-state index >= 15 is 0 Å². The molecule has 94 valence electrons. The third-order valence-electron chi connectivity index (χ3n) is 3.87. The zero-order chi connectivity index (χ0) is 12.3. The number of hydrogen-bond acceptors (Lipinski definition) is 1. The van der Waals surface area contributed by atoms with Crippen molar-refractivity contribution < 1.29 is 0 Å². The topological polar surface area (TPSA) is 12.0 Å². The molecule has 1 aliphatic heterocycles. The van der Waals surface area contributed by atoms with Crippen LogP contribution in [0.25, 0.3) is 0 Å². The molecule has 1 nitrogen and oxygen atoms in total. The summed E-state index contributed by atoms with van der Waals surface area (Å²) in [4.78, 5) is 0. The maximum absolute atomic E-state index is 3.68. The van der Waals surface area contributed by atoms with E-state index in [1.807, 2.05) is 0 Å². The second kappa shape index (κ2) is 5.68. The second-order valence-corrected chi connectivity index (χ2v) is 5.47. The Bertz CT molecular complexity index is 362. The number of piperidine rings is 1. The van der Waals surface area contributed by atoms with Crippen molar-refractivity contribution in [1.29, 1.82) is 0 Å². The van der Waals surface area contributed by atoms with Crippen LogP contribution in [-0.2, 0) is 6.42 Å². The lowest BCUT2D eigenvalue weighted by Gasteiger charge is -2.27. The fourth-order valence-corrected chi connectivity index (χ4v) is 2.79. The number of hydrogen-bond donors (Lipinski definition) is 1. The van der Waals surface area contributed by atoms with E-state index in [0.717, 1.165) is 6.42 Å².